The van der Waals surface area contributed by atoms with Gasteiger partial charge in [-0.15, -0.1) is 0 Å². The quantitative estimate of drug-likeness (QED) is 0.676. The number of hydrogen-bond donors (Lipinski definition) is 1. The Balaban J connectivity index is 1.74. The van der Waals surface area contributed by atoms with Gasteiger partial charge in [-0.3, -0.25) is 0 Å². The van der Waals surface area contributed by atoms with Crippen molar-refractivity contribution < 1.29 is 9.13 Å². The van der Waals surface area contributed by atoms with Crippen molar-refractivity contribution in [1.82, 2.24) is 15.1 Å². The van der Waals surface area contributed by atoms with Crippen molar-refractivity contribution in [2.45, 2.75) is 33.4 Å². The molecule has 136 valence electrons. The molecule has 1 N–H and O–H groups in total. The molecule has 1 unspecified atom stereocenters. The lowest BCUT2D eigenvalue weighted by Crippen LogP contribution is -2.19. The van der Waals surface area contributed by atoms with E-state index in [-0.39, 0.29) is 11.9 Å². The molecule has 2 aromatic carbocycles. The molecule has 4 nitrogen and oxygen atoms in total. The van der Waals surface area contributed by atoms with Gasteiger partial charge < -0.3 is 10.1 Å². The molecule has 0 aliphatic carbocycles. The van der Waals surface area contributed by atoms with Crippen molar-refractivity contribution >= 4 is 0 Å². The zero-order chi connectivity index (χ0) is 18.5. The molecular formula is C21H24FN3O. The second-order valence-electron chi connectivity index (χ2n) is 6.22. The first-order valence-corrected chi connectivity index (χ1v) is 8.84. The molecule has 3 aromatic rings. The Bertz CT molecular complexity index is 875. The van der Waals surface area contributed by atoms with Gasteiger partial charge in [-0.1, -0.05) is 24.3 Å². The number of benzene rings is 2. The van der Waals surface area contributed by atoms with Gasteiger partial charge in [0.25, 0.3) is 0 Å². The number of para-hydroxylation sites is 1. The number of ether oxygens (including phenoxy) is 1. The highest BCUT2D eigenvalue weighted by atomic mass is 19.1. The van der Waals surface area contributed by atoms with Crippen molar-refractivity contribution in [1.29, 1.82) is 0 Å². The molecule has 5 heteroatoms. The van der Waals surface area contributed by atoms with Gasteiger partial charge in [-0.05, 0) is 45.0 Å². The Morgan fingerprint density at radius 1 is 1.19 bits per heavy atom. The molecular weight excluding hydrogens is 329 g/mol. The first-order valence-electron chi connectivity index (χ1n) is 8.84. The Labute approximate surface area is 153 Å². The average Bonchev–Trinajstić information content (AvgIpc) is 3.02. The van der Waals surface area contributed by atoms with E-state index in [0.717, 1.165) is 28.3 Å². The fourth-order valence-electron chi connectivity index (χ4n) is 3.03. The minimum absolute atomic E-state index is 0.104. The van der Waals surface area contributed by atoms with Crippen LogP contribution in [-0.2, 0) is 6.54 Å². The first kappa shape index (κ1) is 18.1. The Morgan fingerprint density at radius 3 is 2.77 bits per heavy atom. The van der Waals surface area contributed by atoms with Crippen LogP contribution in [-0.4, -0.2) is 16.4 Å². The number of aromatic nitrogens is 2. The van der Waals surface area contributed by atoms with Gasteiger partial charge in [0.15, 0.2) is 0 Å². The lowest BCUT2D eigenvalue weighted by molar-refractivity contribution is 0.335. The smallest absolute Gasteiger partial charge is 0.125 e. The summed E-state index contributed by atoms with van der Waals surface area (Å²) in [6, 6.07) is 14.6. The van der Waals surface area contributed by atoms with Gasteiger partial charge >= 0.3 is 0 Å². The van der Waals surface area contributed by atoms with Crippen LogP contribution in [0.25, 0.3) is 5.69 Å². The third kappa shape index (κ3) is 3.94. The van der Waals surface area contributed by atoms with E-state index >= 15 is 0 Å². The minimum Gasteiger partial charge on any atom is -0.494 e. The van der Waals surface area contributed by atoms with E-state index in [1.54, 1.807) is 10.7 Å². The normalized spacial score (nSPS) is 12.2. The van der Waals surface area contributed by atoms with Gasteiger partial charge in [-0.2, -0.15) is 5.10 Å². The molecule has 0 amide bonds. The van der Waals surface area contributed by atoms with E-state index in [0.29, 0.717) is 13.2 Å². The topological polar surface area (TPSA) is 39.1 Å². The lowest BCUT2D eigenvalue weighted by Gasteiger charge is -2.16. The largest absolute Gasteiger partial charge is 0.494 e. The van der Waals surface area contributed by atoms with Crippen molar-refractivity contribution in [3.63, 3.8) is 0 Å². The standard InChI is InChI=1S/C21H24FN3O/c1-4-26-21-11-6-5-8-17(21)13-23-15(2)20-14-24-25(16(20)3)19-10-7-9-18(22)12-19/h5-12,14-15,23H,4,13H2,1-3H3. The van der Waals surface area contributed by atoms with E-state index in [4.69, 9.17) is 4.74 Å². The number of nitrogens with one attached hydrogen (secondary N) is 1. The molecule has 3 rings (SSSR count). The SMILES string of the molecule is CCOc1ccccc1CNC(C)c1cnn(-c2cccc(F)c2)c1C. The molecule has 0 saturated heterocycles. The van der Waals surface area contributed by atoms with Gasteiger partial charge in [-0.25, -0.2) is 9.07 Å². The maximum atomic E-state index is 13.5. The average molecular weight is 353 g/mol. The van der Waals surface area contributed by atoms with Crippen LogP contribution < -0.4 is 10.1 Å². The van der Waals surface area contributed by atoms with Crippen molar-refractivity contribution in [3.8, 4) is 11.4 Å². The first-order chi connectivity index (χ1) is 12.6. The summed E-state index contributed by atoms with van der Waals surface area (Å²) < 4.78 is 20.9. The van der Waals surface area contributed by atoms with Crippen LogP contribution in [0.2, 0.25) is 0 Å². The van der Waals surface area contributed by atoms with Gasteiger partial charge in [0, 0.05) is 29.4 Å². The Kier molecular flexibility index (Phi) is 5.68. The van der Waals surface area contributed by atoms with Crippen LogP contribution in [0.5, 0.6) is 5.75 Å². The zero-order valence-electron chi connectivity index (χ0n) is 15.4. The molecule has 0 saturated carbocycles. The van der Waals surface area contributed by atoms with Crippen LogP contribution in [0.3, 0.4) is 0 Å². The highest BCUT2D eigenvalue weighted by Gasteiger charge is 2.15. The predicted molar refractivity (Wildman–Crippen MR) is 101 cm³/mol. The van der Waals surface area contributed by atoms with Crippen LogP contribution in [0.4, 0.5) is 4.39 Å². The zero-order valence-corrected chi connectivity index (χ0v) is 15.4. The van der Waals surface area contributed by atoms with E-state index in [9.17, 15) is 4.39 Å². The third-order valence-corrected chi connectivity index (χ3v) is 4.44. The molecule has 1 heterocycles. The number of halogens is 1. The van der Waals surface area contributed by atoms with Gasteiger partial charge in [0.2, 0.25) is 0 Å². The van der Waals surface area contributed by atoms with Crippen molar-refractivity contribution in [3.05, 3.63) is 77.4 Å². The fraction of sp³-hybridized carbons (Fsp3) is 0.286. The summed E-state index contributed by atoms with van der Waals surface area (Å²) >= 11 is 0. The monoisotopic (exact) mass is 353 g/mol. The Morgan fingerprint density at radius 2 is 2.00 bits per heavy atom. The minimum atomic E-state index is -0.266. The van der Waals surface area contributed by atoms with E-state index in [2.05, 4.69) is 23.4 Å². The molecule has 0 radical (unpaired) electrons. The summed E-state index contributed by atoms with van der Waals surface area (Å²) in [4.78, 5) is 0. The molecule has 0 bridgehead atoms. The predicted octanol–water partition coefficient (Wildman–Crippen LogP) is 4.57. The second kappa shape index (κ2) is 8.15. The van der Waals surface area contributed by atoms with Crippen LogP contribution in [0.1, 0.15) is 36.7 Å². The second-order valence-corrected chi connectivity index (χ2v) is 6.22. The maximum absolute atomic E-state index is 13.5. The molecule has 1 atom stereocenters. The van der Waals surface area contributed by atoms with Crippen molar-refractivity contribution in [2.24, 2.45) is 0 Å². The highest BCUT2D eigenvalue weighted by molar-refractivity contribution is 5.36. The summed E-state index contributed by atoms with van der Waals surface area (Å²) in [6.45, 7) is 7.42. The summed E-state index contributed by atoms with van der Waals surface area (Å²) in [5.41, 5.74) is 3.93. The third-order valence-electron chi connectivity index (χ3n) is 4.44. The van der Waals surface area contributed by atoms with Crippen molar-refractivity contribution in [2.75, 3.05) is 6.61 Å². The van der Waals surface area contributed by atoms with Gasteiger partial charge in [0.05, 0.1) is 18.5 Å². The van der Waals surface area contributed by atoms with Gasteiger partial charge in [0.1, 0.15) is 11.6 Å². The summed E-state index contributed by atoms with van der Waals surface area (Å²) in [5, 5.41) is 7.96. The van der Waals surface area contributed by atoms with Crippen LogP contribution in [0, 0.1) is 12.7 Å². The maximum Gasteiger partial charge on any atom is 0.125 e. The van der Waals surface area contributed by atoms with E-state index < -0.39 is 0 Å². The summed E-state index contributed by atoms with van der Waals surface area (Å²) in [6.07, 6.45) is 1.84. The molecule has 26 heavy (non-hydrogen) atoms. The number of hydrogen-bond acceptors (Lipinski definition) is 3. The molecule has 1 aromatic heterocycles. The number of nitrogens with zero attached hydrogens (tertiary/aromatic N) is 2. The van der Waals surface area contributed by atoms with E-state index in [1.807, 2.05) is 44.3 Å². The highest BCUT2D eigenvalue weighted by Crippen LogP contribution is 2.23. The fourth-order valence-corrected chi connectivity index (χ4v) is 3.03. The molecule has 0 spiro atoms. The lowest BCUT2D eigenvalue weighted by atomic mass is 10.1. The number of rotatable bonds is 7. The summed E-state index contributed by atoms with van der Waals surface area (Å²) in [7, 11) is 0. The molecule has 0 aliphatic heterocycles. The molecule has 0 fully saturated rings. The van der Waals surface area contributed by atoms with E-state index in [1.165, 1.54) is 12.1 Å². The van der Waals surface area contributed by atoms with Crippen LogP contribution in [0.15, 0.2) is 54.7 Å². The molecule has 0 aliphatic rings. The van der Waals surface area contributed by atoms with Crippen LogP contribution >= 0.6 is 0 Å². The summed E-state index contributed by atoms with van der Waals surface area (Å²) in [5.74, 6) is 0.638. The Hall–Kier alpha value is -2.66.